The molecule has 0 aliphatic rings. The van der Waals surface area contributed by atoms with E-state index in [1.807, 2.05) is 24.3 Å². The highest BCUT2D eigenvalue weighted by Gasteiger charge is 2.14. The predicted octanol–water partition coefficient (Wildman–Crippen LogP) is 5.03. The van der Waals surface area contributed by atoms with E-state index in [-0.39, 0.29) is 0 Å². The Morgan fingerprint density at radius 3 is 2.75 bits per heavy atom. The number of thiophene rings is 1. The highest BCUT2D eigenvalue weighted by molar-refractivity contribution is 8.00. The standard InChI is InChI=1S/C13H11Cl2NO2S2/c1-18-10-4-2-3-5-11(10)19-7-9(16-17)8-6-12(14)20-13(8)15/h2-6,17H,7H2,1H3/b16-9+. The summed E-state index contributed by atoms with van der Waals surface area (Å²) in [6.07, 6.45) is 0. The van der Waals surface area contributed by atoms with Crippen molar-refractivity contribution in [1.82, 2.24) is 0 Å². The smallest absolute Gasteiger partial charge is 0.132 e. The maximum absolute atomic E-state index is 9.16. The van der Waals surface area contributed by atoms with E-state index < -0.39 is 0 Å². The van der Waals surface area contributed by atoms with Crippen molar-refractivity contribution >= 4 is 52.0 Å². The third-order valence-electron chi connectivity index (χ3n) is 2.52. The Balaban J connectivity index is 2.14. The lowest BCUT2D eigenvalue weighted by atomic mass is 10.2. The van der Waals surface area contributed by atoms with Crippen LogP contribution in [0.2, 0.25) is 8.67 Å². The van der Waals surface area contributed by atoms with Crippen molar-refractivity contribution in [2.45, 2.75) is 4.90 Å². The highest BCUT2D eigenvalue weighted by atomic mass is 35.5. The van der Waals surface area contributed by atoms with Crippen LogP contribution in [0.4, 0.5) is 0 Å². The third kappa shape index (κ3) is 3.61. The van der Waals surface area contributed by atoms with Crippen LogP contribution < -0.4 is 4.74 Å². The van der Waals surface area contributed by atoms with Gasteiger partial charge in [-0.3, -0.25) is 0 Å². The first kappa shape index (κ1) is 15.5. The van der Waals surface area contributed by atoms with E-state index in [4.69, 9.17) is 33.1 Å². The second-order valence-corrected chi connectivity index (χ2v) is 7.03. The molecule has 0 amide bonds. The van der Waals surface area contributed by atoms with Gasteiger partial charge in [0.1, 0.15) is 10.1 Å². The maximum Gasteiger partial charge on any atom is 0.132 e. The summed E-state index contributed by atoms with van der Waals surface area (Å²) in [4.78, 5) is 0.966. The lowest BCUT2D eigenvalue weighted by Gasteiger charge is -2.08. The van der Waals surface area contributed by atoms with Crippen LogP contribution in [0.1, 0.15) is 5.56 Å². The third-order valence-corrected chi connectivity index (χ3v) is 5.08. The molecule has 0 atom stereocenters. The monoisotopic (exact) mass is 347 g/mol. The number of oxime groups is 1. The Labute approximate surface area is 135 Å². The van der Waals surface area contributed by atoms with E-state index in [1.165, 1.54) is 23.1 Å². The SMILES string of the molecule is COc1ccccc1SC/C(=N\O)c1cc(Cl)sc1Cl. The Bertz CT molecular complexity index is 629. The van der Waals surface area contributed by atoms with Crippen molar-refractivity contribution in [3.05, 3.63) is 44.6 Å². The van der Waals surface area contributed by atoms with E-state index in [9.17, 15) is 0 Å². The molecule has 0 aliphatic carbocycles. The van der Waals surface area contributed by atoms with Gasteiger partial charge in [-0.2, -0.15) is 0 Å². The van der Waals surface area contributed by atoms with Crippen molar-refractivity contribution in [3.63, 3.8) is 0 Å². The first-order valence-corrected chi connectivity index (χ1v) is 8.13. The molecule has 20 heavy (non-hydrogen) atoms. The van der Waals surface area contributed by atoms with E-state index in [0.29, 0.717) is 25.7 Å². The van der Waals surface area contributed by atoms with Crippen LogP contribution in [0.25, 0.3) is 0 Å². The molecule has 0 aliphatic heterocycles. The minimum absolute atomic E-state index is 0.462. The van der Waals surface area contributed by atoms with Crippen LogP contribution in [-0.4, -0.2) is 23.8 Å². The Morgan fingerprint density at radius 1 is 1.40 bits per heavy atom. The summed E-state index contributed by atoms with van der Waals surface area (Å²) in [5.74, 6) is 1.24. The average molecular weight is 348 g/mol. The molecule has 7 heteroatoms. The van der Waals surface area contributed by atoms with Gasteiger partial charge in [0.05, 0.1) is 17.2 Å². The van der Waals surface area contributed by atoms with E-state index in [1.54, 1.807) is 13.2 Å². The van der Waals surface area contributed by atoms with Crippen LogP contribution in [0.3, 0.4) is 0 Å². The number of ether oxygens (including phenoxy) is 1. The zero-order valence-electron chi connectivity index (χ0n) is 10.5. The van der Waals surface area contributed by atoms with Gasteiger partial charge in [-0.1, -0.05) is 40.5 Å². The van der Waals surface area contributed by atoms with Crippen LogP contribution in [0.5, 0.6) is 5.75 Å². The van der Waals surface area contributed by atoms with Crippen molar-refractivity contribution in [2.75, 3.05) is 12.9 Å². The van der Waals surface area contributed by atoms with Crippen LogP contribution >= 0.6 is 46.3 Å². The van der Waals surface area contributed by atoms with Crippen molar-refractivity contribution in [3.8, 4) is 5.75 Å². The topological polar surface area (TPSA) is 41.8 Å². The second-order valence-electron chi connectivity index (χ2n) is 3.72. The van der Waals surface area contributed by atoms with Crippen molar-refractivity contribution in [1.29, 1.82) is 0 Å². The molecule has 0 saturated carbocycles. The minimum atomic E-state index is 0.462. The average Bonchev–Trinajstić information content (AvgIpc) is 2.79. The quantitative estimate of drug-likeness (QED) is 0.356. The molecule has 0 fully saturated rings. The summed E-state index contributed by atoms with van der Waals surface area (Å²) < 4.78 is 6.36. The molecule has 1 aromatic heterocycles. The number of thioether (sulfide) groups is 1. The molecular weight excluding hydrogens is 337 g/mol. The zero-order valence-corrected chi connectivity index (χ0v) is 13.6. The van der Waals surface area contributed by atoms with Crippen LogP contribution in [0, 0.1) is 0 Å². The summed E-state index contributed by atoms with van der Waals surface area (Å²) in [6, 6.07) is 9.36. The first-order valence-electron chi connectivity index (χ1n) is 5.57. The van der Waals surface area contributed by atoms with Crippen LogP contribution in [0.15, 0.2) is 40.4 Å². The van der Waals surface area contributed by atoms with Gasteiger partial charge in [0, 0.05) is 16.2 Å². The molecule has 0 bridgehead atoms. The lowest BCUT2D eigenvalue weighted by Crippen LogP contribution is -2.04. The fourth-order valence-corrected chi connectivity index (χ4v) is 4.06. The minimum Gasteiger partial charge on any atom is -0.496 e. The van der Waals surface area contributed by atoms with Gasteiger partial charge >= 0.3 is 0 Å². The molecule has 0 radical (unpaired) electrons. The summed E-state index contributed by atoms with van der Waals surface area (Å²) >= 11 is 14.7. The van der Waals surface area contributed by atoms with Crippen LogP contribution in [-0.2, 0) is 0 Å². The van der Waals surface area contributed by atoms with Gasteiger partial charge < -0.3 is 9.94 Å². The normalized spacial score (nSPS) is 11.7. The van der Waals surface area contributed by atoms with Crippen molar-refractivity contribution < 1.29 is 9.94 Å². The molecule has 0 saturated heterocycles. The number of benzene rings is 1. The van der Waals surface area contributed by atoms with Gasteiger partial charge in [0.2, 0.25) is 0 Å². The van der Waals surface area contributed by atoms with E-state index in [0.717, 1.165) is 10.6 Å². The van der Waals surface area contributed by atoms with Gasteiger partial charge in [0.25, 0.3) is 0 Å². The second kappa shape index (κ2) is 7.22. The molecule has 106 valence electrons. The molecule has 0 unspecified atom stereocenters. The highest BCUT2D eigenvalue weighted by Crippen LogP contribution is 2.34. The van der Waals surface area contributed by atoms with Crippen molar-refractivity contribution in [2.24, 2.45) is 5.16 Å². The summed E-state index contributed by atoms with van der Waals surface area (Å²) in [5, 5.41) is 12.5. The van der Waals surface area contributed by atoms with Gasteiger partial charge in [-0.25, -0.2) is 0 Å². The molecule has 1 N–H and O–H groups in total. The maximum atomic E-state index is 9.16. The number of hydrogen-bond acceptors (Lipinski definition) is 5. The van der Waals surface area contributed by atoms with E-state index >= 15 is 0 Å². The Morgan fingerprint density at radius 2 is 2.15 bits per heavy atom. The Hall–Kier alpha value is -0.880. The number of para-hydroxylation sites is 1. The fraction of sp³-hybridized carbons (Fsp3) is 0.154. The molecular formula is C13H11Cl2NO2S2. The summed E-state index contributed by atoms with van der Waals surface area (Å²) in [5.41, 5.74) is 1.14. The predicted molar refractivity (Wildman–Crippen MR) is 86.4 cm³/mol. The molecule has 2 rings (SSSR count). The largest absolute Gasteiger partial charge is 0.496 e. The summed E-state index contributed by atoms with van der Waals surface area (Å²) in [6.45, 7) is 0. The number of rotatable bonds is 5. The molecule has 3 nitrogen and oxygen atoms in total. The first-order chi connectivity index (χ1) is 9.65. The Kier molecular flexibility index (Phi) is 5.60. The number of nitrogens with zero attached hydrogens (tertiary/aromatic N) is 1. The lowest BCUT2D eigenvalue weighted by molar-refractivity contribution is 0.319. The van der Waals surface area contributed by atoms with Gasteiger partial charge in [-0.05, 0) is 18.2 Å². The fourth-order valence-electron chi connectivity index (χ4n) is 1.58. The number of methoxy groups -OCH3 is 1. The zero-order chi connectivity index (χ0) is 14.5. The summed E-state index contributed by atoms with van der Waals surface area (Å²) in [7, 11) is 1.62. The molecule has 2 aromatic rings. The van der Waals surface area contributed by atoms with Gasteiger partial charge in [-0.15, -0.1) is 23.1 Å². The molecule has 1 aromatic carbocycles. The number of hydrogen-bond donors (Lipinski definition) is 1. The molecule has 1 heterocycles. The van der Waals surface area contributed by atoms with E-state index in [2.05, 4.69) is 5.16 Å². The molecule has 0 spiro atoms. The number of halogens is 2. The van der Waals surface area contributed by atoms with Gasteiger partial charge in [0.15, 0.2) is 0 Å².